The molecule has 0 aliphatic rings. The molecule has 2 rings (SSSR count). The van der Waals surface area contributed by atoms with E-state index < -0.39 is 11.7 Å². The number of pyridine rings is 1. The molecule has 2 aromatic rings. The van der Waals surface area contributed by atoms with Crippen molar-refractivity contribution in [1.29, 1.82) is 0 Å². The van der Waals surface area contributed by atoms with E-state index in [2.05, 4.69) is 4.98 Å². The topological polar surface area (TPSA) is 48.1 Å². The molecule has 0 radical (unpaired) electrons. The first kappa shape index (κ1) is 14.3. The average Bonchev–Trinajstić information content (AvgIpc) is 2.39. The SMILES string of the molecule is NC(=S)c1ccc(Oc2ccc(C(F)(F)F)cc2)nc1. The third-order valence-corrected chi connectivity index (χ3v) is 2.66. The highest BCUT2D eigenvalue weighted by Gasteiger charge is 2.30. The molecular formula is C13H9F3N2OS. The Bertz CT molecular complexity index is 609. The van der Waals surface area contributed by atoms with Gasteiger partial charge in [0.25, 0.3) is 0 Å². The summed E-state index contributed by atoms with van der Waals surface area (Å²) in [6.07, 6.45) is -2.93. The van der Waals surface area contributed by atoms with Gasteiger partial charge in [0.1, 0.15) is 10.7 Å². The minimum absolute atomic E-state index is 0.207. The lowest BCUT2D eigenvalue weighted by Gasteiger charge is -2.08. The zero-order valence-corrected chi connectivity index (χ0v) is 10.8. The second kappa shape index (κ2) is 5.46. The Labute approximate surface area is 118 Å². The normalized spacial score (nSPS) is 11.2. The lowest BCUT2D eigenvalue weighted by molar-refractivity contribution is -0.137. The van der Waals surface area contributed by atoms with Crippen LogP contribution in [0.15, 0.2) is 42.6 Å². The molecule has 1 heterocycles. The third kappa shape index (κ3) is 3.45. The van der Waals surface area contributed by atoms with Crippen molar-refractivity contribution >= 4 is 17.2 Å². The molecule has 0 unspecified atom stereocenters. The van der Waals surface area contributed by atoms with Crippen LogP contribution in [0.25, 0.3) is 0 Å². The number of rotatable bonds is 3. The monoisotopic (exact) mass is 298 g/mol. The van der Waals surface area contributed by atoms with Crippen LogP contribution in [0.5, 0.6) is 11.6 Å². The van der Waals surface area contributed by atoms with Gasteiger partial charge in [-0.3, -0.25) is 0 Å². The zero-order chi connectivity index (χ0) is 14.8. The Morgan fingerprint density at radius 3 is 2.20 bits per heavy atom. The number of nitrogens with zero attached hydrogens (tertiary/aromatic N) is 1. The van der Waals surface area contributed by atoms with Gasteiger partial charge in [-0.2, -0.15) is 13.2 Å². The summed E-state index contributed by atoms with van der Waals surface area (Å²) in [6.45, 7) is 0. The smallest absolute Gasteiger partial charge is 0.416 e. The predicted molar refractivity (Wildman–Crippen MR) is 71.6 cm³/mol. The van der Waals surface area contributed by atoms with Gasteiger partial charge < -0.3 is 10.5 Å². The fourth-order valence-corrected chi connectivity index (χ4v) is 1.54. The maximum atomic E-state index is 12.4. The molecule has 1 aromatic carbocycles. The molecular weight excluding hydrogens is 289 g/mol. The number of ether oxygens (including phenoxy) is 1. The van der Waals surface area contributed by atoms with E-state index in [0.29, 0.717) is 5.56 Å². The van der Waals surface area contributed by atoms with Crippen molar-refractivity contribution in [3.8, 4) is 11.6 Å². The molecule has 0 aliphatic heterocycles. The van der Waals surface area contributed by atoms with Crippen molar-refractivity contribution in [2.45, 2.75) is 6.18 Å². The molecule has 3 nitrogen and oxygen atoms in total. The summed E-state index contributed by atoms with van der Waals surface area (Å²) in [5, 5.41) is 0. The van der Waals surface area contributed by atoms with Crippen LogP contribution in [0, 0.1) is 0 Å². The molecule has 20 heavy (non-hydrogen) atoms. The van der Waals surface area contributed by atoms with E-state index in [-0.39, 0.29) is 16.6 Å². The van der Waals surface area contributed by atoms with Crippen molar-refractivity contribution < 1.29 is 17.9 Å². The number of alkyl halides is 3. The van der Waals surface area contributed by atoms with E-state index in [1.165, 1.54) is 24.4 Å². The summed E-state index contributed by atoms with van der Waals surface area (Å²) >= 11 is 4.77. The van der Waals surface area contributed by atoms with Crippen molar-refractivity contribution in [1.82, 2.24) is 4.98 Å². The summed E-state index contributed by atoms with van der Waals surface area (Å²) < 4.78 is 42.5. The van der Waals surface area contributed by atoms with Gasteiger partial charge in [-0.25, -0.2) is 4.98 Å². The van der Waals surface area contributed by atoms with Gasteiger partial charge >= 0.3 is 6.18 Å². The van der Waals surface area contributed by atoms with E-state index in [0.717, 1.165) is 12.1 Å². The maximum absolute atomic E-state index is 12.4. The molecule has 0 amide bonds. The first-order valence-electron chi connectivity index (χ1n) is 5.47. The lowest BCUT2D eigenvalue weighted by atomic mass is 10.2. The highest BCUT2D eigenvalue weighted by Crippen LogP contribution is 2.31. The number of nitrogens with two attached hydrogens (primary N) is 1. The van der Waals surface area contributed by atoms with E-state index in [9.17, 15) is 13.2 Å². The van der Waals surface area contributed by atoms with Crippen LogP contribution in [0.1, 0.15) is 11.1 Å². The lowest BCUT2D eigenvalue weighted by Crippen LogP contribution is -2.09. The summed E-state index contributed by atoms with van der Waals surface area (Å²) in [4.78, 5) is 4.16. The van der Waals surface area contributed by atoms with E-state index in [1.54, 1.807) is 6.07 Å². The summed E-state index contributed by atoms with van der Waals surface area (Å²) in [5.41, 5.74) is 5.27. The molecule has 0 spiro atoms. The second-order valence-electron chi connectivity index (χ2n) is 3.87. The minimum atomic E-state index is -4.37. The minimum Gasteiger partial charge on any atom is -0.439 e. The Hall–Kier alpha value is -2.15. The average molecular weight is 298 g/mol. The van der Waals surface area contributed by atoms with Crippen molar-refractivity contribution in [2.24, 2.45) is 5.73 Å². The number of aromatic nitrogens is 1. The number of hydrogen-bond acceptors (Lipinski definition) is 3. The van der Waals surface area contributed by atoms with Gasteiger partial charge in [0.2, 0.25) is 5.88 Å². The molecule has 0 saturated carbocycles. The Morgan fingerprint density at radius 2 is 1.75 bits per heavy atom. The highest BCUT2D eigenvalue weighted by atomic mass is 32.1. The van der Waals surface area contributed by atoms with E-state index in [4.69, 9.17) is 22.7 Å². The molecule has 0 aliphatic carbocycles. The molecule has 0 saturated heterocycles. The maximum Gasteiger partial charge on any atom is 0.416 e. The van der Waals surface area contributed by atoms with E-state index >= 15 is 0 Å². The van der Waals surface area contributed by atoms with Crippen LogP contribution in [-0.4, -0.2) is 9.97 Å². The predicted octanol–water partition coefficient (Wildman–Crippen LogP) is 3.53. The number of thiocarbonyl (C=S) groups is 1. The first-order valence-corrected chi connectivity index (χ1v) is 5.88. The molecule has 7 heteroatoms. The van der Waals surface area contributed by atoms with E-state index in [1.807, 2.05) is 0 Å². The van der Waals surface area contributed by atoms with Crippen LogP contribution < -0.4 is 10.5 Å². The van der Waals surface area contributed by atoms with Gasteiger partial charge in [-0.15, -0.1) is 0 Å². The Balaban J connectivity index is 2.12. The number of halogens is 3. The molecule has 1 aromatic heterocycles. The van der Waals surface area contributed by atoms with Crippen molar-refractivity contribution in [3.63, 3.8) is 0 Å². The van der Waals surface area contributed by atoms with Gasteiger partial charge in [0.15, 0.2) is 0 Å². The van der Waals surface area contributed by atoms with Gasteiger partial charge in [-0.1, -0.05) is 12.2 Å². The molecule has 0 bridgehead atoms. The second-order valence-corrected chi connectivity index (χ2v) is 4.31. The van der Waals surface area contributed by atoms with Crippen LogP contribution in [-0.2, 0) is 6.18 Å². The van der Waals surface area contributed by atoms with Crippen molar-refractivity contribution in [2.75, 3.05) is 0 Å². The number of hydrogen-bond donors (Lipinski definition) is 1. The van der Waals surface area contributed by atoms with Crippen LogP contribution in [0.4, 0.5) is 13.2 Å². The first-order chi connectivity index (χ1) is 9.36. The number of benzene rings is 1. The largest absolute Gasteiger partial charge is 0.439 e. The van der Waals surface area contributed by atoms with Crippen LogP contribution >= 0.6 is 12.2 Å². The van der Waals surface area contributed by atoms with Gasteiger partial charge in [-0.05, 0) is 30.3 Å². The van der Waals surface area contributed by atoms with Crippen molar-refractivity contribution in [3.05, 3.63) is 53.7 Å². The van der Waals surface area contributed by atoms with Crippen LogP contribution in [0.3, 0.4) is 0 Å². The zero-order valence-electron chi connectivity index (χ0n) is 10.0. The molecule has 2 N–H and O–H groups in total. The Kier molecular flexibility index (Phi) is 3.89. The van der Waals surface area contributed by atoms with Gasteiger partial charge in [0.05, 0.1) is 5.56 Å². The summed E-state index contributed by atoms with van der Waals surface area (Å²) in [6, 6.07) is 7.50. The summed E-state index contributed by atoms with van der Waals surface area (Å²) in [5.74, 6) is 0.498. The fourth-order valence-electron chi connectivity index (χ4n) is 1.42. The standard InChI is InChI=1S/C13H9F3N2OS/c14-13(15,16)9-2-4-10(5-3-9)19-11-6-1-8(7-18-11)12(17)20/h1-7H,(H2,17,20). The Morgan fingerprint density at radius 1 is 1.10 bits per heavy atom. The molecule has 0 atom stereocenters. The van der Waals surface area contributed by atoms with Gasteiger partial charge in [0, 0.05) is 17.8 Å². The molecule has 104 valence electrons. The third-order valence-electron chi connectivity index (χ3n) is 2.42. The van der Waals surface area contributed by atoms with Crippen LogP contribution in [0.2, 0.25) is 0 Å². The fraction of sp³-hybridized carbons (Fsp3) is 0.0769. The highest BCUT2D eigenvalue weighted by molar-refractivity contribution is 7.80. The molecule has 0 fully saturated rings. The summed E-state index contributed by atoms with van der Waals surface area (Å²) in [7, 11) is 0. The quantitative estimate of drug-likeness (QED) is 0.881.